The van der Waals surface area contributed by atoms with Gasteiger partial charge in [-0.05, 0) is 47.7 Å². The molecule has 3 aromatic rings. The molecule has 0 radical (unpaired) electrons. The lowest BCUT2D eigenvalue weighted by molar-refractivity contribution is -0.151. The first-order chi connectivity index (χ1) is 20.9. The molecular formula is C34H35N3O6. The lowest BCUT2D eigenvalue weighted by Gasteiger charge is -2.36. The number of aliphatic hydroxyl groups is 1. The van der Waals surface area contributed by atoms with Crippen LogP contribution < -0.4 is 9.80 Å². The molecule has 4 heterocycles. The van der Waals surface area contributed by atoms with Gasteiger partial charge in [0, 0.05) is 23.7 Å². The van der Waals surface area contributed by atoms with Gasteiger partial charge in [-0.1, -0.05) is 61.5 Å². The summed E-state index contributed by atoms with van der Waals surface area (Å²) >= 11 is 0. The number of hydrogen-bond acceptors (Lipinski definition) is 6. The van der Waals surface area contributed by atoms with E-state index in [9.17, 15) is 19.5 Å². The molecular weight excluding hydrogens is 546 g/mol. The topological polar surface area (TPSA) is 99.6 Å². The molecule has 0 aromatic heterocycles. The van der Waals surface area contributed by atoms with Crippen LogP contribution in [0.1, 0.15) is 42.0 Å². The number of cyclic esters (lactones) is 1. The Hall–Kier alpha value is -4.21. The third-order valence-electron chi connectivity index (χ3n) is 9.43. The minimum atomic E-state index is -1.18. The molecule has 3 aromatic carbocycles. The van der Waals surface area contributed by atoms with E-state index in [0.717, 1.165) is 33.6 Å². The highest BCUT2D eigenvalue weighted by molar-refractivity contribution is 6.07. The standard InChI is InChI=1S/C34H35N3O6/c1-22-15-28(18-31(39)36-20-25-9-3-2-8-24(25)17-27(36)21-38)43-34(22)29-11-4-5-12-30(29)37(32(34)40)19-23-7-6-10-26(16-23)35-13-14-42-33(35)41/h2-12,16,22,27-28,38H,13-15,17-21H2,1H3/t22-,27+,28-,34+/m1/s1. The Kier molecular flexibility index (Phi) is 6.94. The minimum Gasteiger partial charge on any atom is -0.447 e. The summed E-state index contributed by atoms with van der Waals surface area (Å²) in [6.07, 6.45) is 0.534. The van der Waals surface area contributed by atoms with Crippen molar-refractivity contribution in [3.63, 3.8) is 0 Å². The molecule has 1 spiro atoms. The van der Waals surface area contributed by atoms with Gasteiger partial charge in [0.2, 0.25) is 5.91 Å². The number of fused-ring (bicyclic) bond motifs is 3. The predicted molar refractivity (Wildman–Crippen MR) is 159 cm³/mol. The molecule has 9 nitrogen and oxygen atoms in total. The van der Waals surface area contributed by atoms with E-state index in [-0.39, 0.29) is 42.9 Å². The second-order valence-corrected chi connectivity index (χ2v) is 12.0. The molecule has 3 amide bonds. The average Bonchev–Trinajstić information content (AvgIpc) is 3.67. The summed E-state index contributed by atoms with van der Waals surface area (Å²) in [4.78, 5) is 45.3. The van der Waals surface area contributed by atoms with Gasteiger partial charge in [-0.2, -0.15) is 0 Å². The van der Waals surface area contributed by atoms with Crippen molar-refractivity contribution < 1.29 is 29.0 Å². The maximum absolute atomic E-state index is 14.4. The van der Waals surface area contributed by atoms with Crippen molar-refractivity contribution in [3.8, 4) is 0 Å². The molecule has 0 bridgehead atoms. The number of nitrogens with zero attached hydrogens (tertiary/aromatic N) is 3. The summed E-state index contributed by atoms with van der Waals surface area (Å²) < 4.78 is 11.8. The van der Waals surface area contributed by atoms with Crippen molar-refractivity contribution in [3.05, 3.63) is 95.1 Å². The zero-order valence-electron chi connectivity index (χ0n) is 24.1. The van der Waals surface area contributed by atoms with E-state index in [1.165, 1.54) is 0 Å². The van der Waals surface area contributed by atoms with Crippen LogP contribution in [0.15, 0.2) is 72.8 Å². The molecule has 222 valence electrons. The molecule has 43 heavy (non-hydrogen) atoms. The molecule has 0 unspecified atom stereocenters. The van der Waals surface area contributed by atoms with Crippen molar-refractivity contribution in [2.45, 2.75) is 57.0 Å². The van der Waals surface area contributed by atoms with Crippen LogP contribution in [0.5, 0.6) is 0 Å². The van der Waals surface area contributed by atoms with Gasteiger partial charge in [0.1, 0.15) is 6.61 Å². The molecule has 4 atom stereocenters. The zero-order chi connectivity index (χ0) is 29.7. The summed E-state index contributed by atoms with van der Waals surface area (Å²) in [7, 11) is 0. The Labute approximate surface area is 250 Å². The largest absolute Gasteiger partial charge is 0.447 e. The number of carbonyl (C=O) groups excluding carboxylic acids is 3. The summed E-state index contributed by atoms with van der Waals surface area (Å²) in [5, 5.41) is 10.1. The SMILES string of the molecule is C[C@@H]1C[C@H](CC(=O)N2Cc3ccccc3C[C@H]2CO)O[C@@]12C(=O)N(Cc1cccc(N3CCOC3=O)c1)c1ccccc12. The molecule has 0 saturated carbocycles. The molecule has 0 aliphatic carbocycles. The Morgan fingerprint density at radius 1 is 1.02 bits per heavy atom. The number of amides is 3. The fraction of sp³-hybridized carbons (Fsp3) is 0.382. The Balaban J connectivity index is 1.12. The van der Waals surface area contributed by atoms with E-state index in [2.05, 4.69) is 6.07 Å². The lowest BCUT2D eigenvalue weighted by atomic mass is 9.83. The van der Waals surface area contributed by atoms with Crippen LogP contribution in [0.3, 0.4) is 0 Å². The van der Waals surface area contributed by atoms with E-state index >= 15 is 0 Å². The van der Waals surface area contributed by atoms with Crippen molar-refractivity contribution >= 4 is 29.3 Å². The van der Waals surface area contributed by atoms with Crippen LogP contribution >= 0.6 is 0 Å². The van der Waals surface area contributed by atoms with Crippen molar-refractivity contribution in [1.29, 1.82) is 0 Å². The number of ether oxygens (including phenoxy) is 2. The van der Waals surface area contributed by atoms with Gasteiger partial charge in [0.15, 0.2) is 5.60 Å². The van der Waals surface area contributed by atoms with Crippen LogP contribution in [0.2, 0.25) is 0 Å². The number of carbonyl (C=O) groups is 3. The van der Waals surface area contributed by atoms with Crippen LogP contribution in [0, 0.1) is 5.92 Å². The monoisotopic (exact) mass is 581 g/mol. The number of para-hydroxylation sites is 1. The van der Waals surface area contributed by atoms with E-state index in [0.29, 0.717) is 39.1 Å². The molecule has 7 rings (SSSR count). The quantitative estimate of drug-likeness (QED) is 0.470. The number of anilines is 2. The van der Waals surface area contributed by atoms with Gasteiger partial charge < -0.3 is 24.4 Å². The number of hydrogen-bond donors (Lipinski definition) is 1. The Bertz CT molecular complexity index is 1590. The Morgan fingerprint density at radius 2 is 1.81 bits per heavy atom. The molecule has 9 heteroatoms. The smallest absolute Gasteiger partial charge is 0.414 e. The summed E-state index contributed by atoms with van der Waals surface area (Å²) in [6, 6.07) is 23.1. The predicted octanol–water partition coefficient (Wildman–Crippen LogP) is 4.15. The third kappa shape index (κ3) is 4.58. The first-order valence-electron chi connectivity index (χ1n) is 15.0. The van der Waals surface area contributed by atoms with E-state index in [1.54, 1.807) is 14.7 Å². The molecule has 2 fully saturated rings. The van der Waals surface area contributed by atoms with Crippen LogP contribution in [0.4, 0.5) is 16.2 Å². The minimum absolute atomic E-state index is 0.0735. The first-order valence-corrected chi connectivity index (χ1v) is 15.0. The molecule has 1 N–H and O–H groups in total. The highest BCUT2D eigenvalue weighted by Crippen LogP contribution is 2.54. The molecule has 2 saturated heterocycles. The maximum Gasteiger partial charge on any atom is 0.414 e. The second kappa shape index (κ2) is 10.8. The van der Waals surface area contributed by atoms with Crippen LogP contribution in [-0.4, -0.2) is 59.8 Å². The Morgan fingerprint density at radius 3 is 2.60 bits per heavy atom. The third-order valence-corrected chi connectivity index (χ3v) is 9.43. The first kappa shape index (κ1) is 27.6. The summed E-state index contributed by atoms with van der Waals surface area (Å²) in [5.74, 6) is -0.358. The highest BCUT2D eigenvalue weighted by atomic mass is 16.6. The zero-order valence-corrected chi connectivity index (χ0v) is 24.1. The van der Waals surface area contributed by atoms with Gasteiger partial charge in [0.25, 0.3) is 5.91 Å². The number of rotatable bonds is 6. The molecule has 4 aliphatic heterocycles. The van der Waals surface area contributed by atoms with E-state index in [4.69, 9.17) is 9.47 Å². The van der Waals surface area contributed by atoms with Gasteiger partial charge in [-0.3, -0.25) is 14.5 Å². The van der Waals surface area contributed by atoms with Crippen molar-refractivity contribution in [1.82, 2.24) is 4.90 Å². The van der Waals surface area contributed by atoms with Crippen LogP contribution in [-0.2, 0) is 44.2 Å². The van der Waals surface area contributed by atoms with E-state index in [1.807, 2.05) is 73.7 Å². The van der Waals surface area contributed by atoms with Gasteiger partial charge in [-0.25, -0.2) is 4.79 Å². The van der Waals surface area contributed by atoms with Gasteiger partial charge >= 0.3 is 6.09 Å². The van der Waals surface area contributed by atoms with Crippen LogP contribution in [0.25, 0.3) is 0 Å². The lowest BCUT2D eigenvalue weighted by Crippen LogP contribution is -2.47. The van der Waals surface area contributed by atoms with Gasteiger partial charge in [-0.15, -0.1) is 0 Å². The summed E-state index contributed by atoms with van der Waals surface area (Å²) in [5.41, 5.74) is 4.32. The second-order valence-electron chi connectivity index (χ2n) is 12.0. The fourth-order valence-corrected chi connectivity index (χ4v) is 7.30. The highest BCUT2D eigenvalue weighted by Gasteiger charge is 2.60. The van der Waals surface area contributed by atoms with Gasteiger partial charge in [0.05, 0.1) is 44.0 Å². The normalized spacial score (nSPS) is 26.2. The number of aliphatic hydroxyl groups excluding tert-OH is 1. The van der Waals surface area contributed by atoms with E-state index < -0.39 is 11.7 Å². The molecule has 4 aliphatic rings. The summed E-state index contributed by atoms with van der Waals surface area (Å²) in [6.45, 7) is 3.54. The number of benzene rings is 3. The fourth-order valence-electron chi connectivity index (χ4n) is 7.30. The van der Waals surface area contributed by atoms with Crippen molar-refractivity contribution in [2.75, 3.05) is 29.6 Å². The average molecular weight is 582 g/mol. The van der Waals surface area contributed by atoms with Crippen molar-refractivity contribution in [2.24, 2.45) is 5.92 Å². The maximum atomic E-state index is 14.4.